The number of guanidine groups is 1. The van der Waals surface area contributed by atoms with E-state index in [1.165, 1.54) is 48.3 Å². The van der Waals surface area contributed by atoms with Crippen LogP contribution in [0.1, 0.15) is 42.5 Å². The van der Waals surface area contributed by atoms with Gasteiger partial charge >= 0.3 is 0 Å². The maximum atomic E-state index is 4.37. The lowest BCUT2D eigenvalue weighted by Gasteiger charge is -2.22. The highest BCUT2D eigenvalue weighted by atomic mass is 15.2. The molecule has 1 saturated heterocycles. The van der Waals surface area contributed by atoms with E-state index in [1.54, 1.807) is 0 Å². The summed E-state index contributed by atoms with van der Waals surface area (Å²) in [6.07, 6.45) is 2.60. The van der Waals surface area contributed by atoms with Crippen molar-refractivity contribution in [1.82, 2.24) is 10.6 Å². The molecule has 3 rings (SSSR count). The minimum absolute atomic E-state index is 0.196. The Labute approximate surface area is 157 Å². The fourth-order valence-electron chi connectivity index (χ4n) is 3.46. The number of nitrogens with one attached hydrogen (secondary N) is 2. The average molecular weight is 351 g/mol. The molecule has 138 valence electrons. The molecular weight excluding hydrogens is 320 g/mol. The van der Waals surface area contributed by atoms with Crippen LogP contribution in [-0.2, 0) is 6.54 Å². The second-order valence-electron chi connectivity index (χ2n) is 7.07. The molecule has 0 bridgehead atoms. The van der Waals surface area contributed by atoms with E-state index in [-0.39, 0.29) is 6.04 Å². The molecule has 26 heavy (non-hydrogen) atoms. The lowest BCUT2D eigenvalue weighted by atomic mass is 10.1. The predicted molar refractivity (Wildman–Crippen MR) is 111 cm³/mol. The van der Waals surface area contributed by atoms with Crippen LogP contribution in [-0.4, -0.2) is 26.1 Å². The first-order chi connectivity index (χ1) is 12.7. The van der Waals surface area contributed by atoms with Crippen LogP contribution in [0.2, 0.25) is 0 Å². The summed E-state index contributed by atoms with van der Waals surface area (Å²) in [5.74, 6) is 0.825. The molecule has 2 aromatic carbocycles. The average Bonchev–Trinajstić information content (AvgIpc) is 3.20. The van der Waals surface area contributed by atoms with Gasteiger partial charge in [0.05, 0.1) is 6.04 Å². The van der Waals surface area contributed by atoms with Crippen molar-refractivity contribution in [3.8, 4) is 0 Å². The Morgan fingerprint density at radius 3 is 2.62 bits per heavy atom. The Morgan fingerprint density at radius 2 is 1.88 bits per heavy atom. The predicted octanol–water partition coefficient (Wildman–Crippen LogP) is 4.02. The number of hydrogen-bond acceptors (Lipinski definition) is 2. The molecule has 2 N–H and O–H groups in total. The number of aliphatic imine (C=N–C) groups is 1. The second kappa shape index (κ2) is 8.75. The normalized spacial score (nSPS) is 15.8. The third kappa shape index (κ3) is 4.78. The zero-order valence-electron chi connectivity index (χ0n) is 16.1. The summed E-state index contributed by atoms with van der Waals surface area (Å²) in [4.78, 5) is 6.85. The molecule has 1 aliphatic heterocycles. The molecule has 0 saturated carbocycles. The van der Waals surface area contributed by atoms with Gasteiger partial charge in [0.25, 0.3) is 0 Å². The molecule has 1 heterocycles. The molecule has 2 aromatic rings. The number of benzene rings is 2. The van der Waals surface area contributed by atoms with Gasteiger partial charge in [-0.3, -0.25) is 4.99 Å². The number of rotatable bonds is 5. The van der Waals surface area contributed by atoms with E-state index in [1.807, 2.05) is 7.05 Å². The number of hydrogen-bond donors (Lipinski definition) is 2. The summed E-state index contributed by atoms with van der Waals surface area (Å²) in [5.41, 5.74) is 5.15. The maximum Gasteiger partial charge on any atom is 0.191 e. The molecule has 1 fully saturated rings. The van der Waals surface area contributed by atoms with E-state index in [2.05, 4.69) is 82.9 Å². The van der Waals surface area contributed by atoms with Crippen LogP contribution >= 0.6 is 0 Å². The van der Waals surface area contributed by atoms with Crippen molar-refractivity contribution in [3.63, 3.8) is 0 Å². The van der Waals surface area contributed by atoms with Crippen LogP contribution in [0.3, 0.4) is 0 Å². The molecule has 0 aromatic heterocycles. The maximum absolute atomic E-state index is 4.37. The zero-order valence-corrected chi connectivity index (χ0v) is 16.1. The van der Waals surface area contributed by atoms with E-state index in [0.29, 0.717) is 0 Å². The molecule has 1 atom stereocenters. The lowest BCUT2D eigenvalue weighted by molar-refractivity contribution is 0.685. The third-order valence-electron chi connectivity index (χ3n) is 4.96. The Hall–Kier alpha value is -2.49. The van der Waals surface area contributed by atoms with E-state index in [0.717, 1.165) is 12.5 Å². The topological polar surface area (TPSA) is 39.7 Å². The molecule has 0 amide bonds. The number of aryl methyl sites for hydroxylation is 1. The fraction of sp³-hybridized carbons (Fsp3) is 0.409. The van der Waals surface area contributed by atoms with Gasteiger partial charge < -0.3 is 15.5 Å². The van der Waals surface area contributed by atoms with Gasteiger partial charge in [-0.2, -0.15) is 0 Å². The standard InChI is InChI=1S/C22H30N4/c1-17-8-6-9-19(14-17)16-24-22(23-3)25-18(2)20-10-7-11-21(15-20)26-12-4-5-13-26/h6-11,14-15,18H,4-5,12-13,16H2,1-3H3,(H2,23,24,25). The van der Waals surface area contributed by atoms with Gasteiger partial charge in [-0.1, -0.05) is 42.0 Å². The SMILES string of the molecule is CN=C(NCc1cccc(C)c1)NC(C)c1cccc(N2CCCC2)c1. The van der Waals surface area contributed by atoms with E-state index in [9.17, 15) is 0 Å². The first-order valence-corrected chi connectivity index (χ1v) is 9.53. The van der Waals surface area contributed by atoms with E-state index in [4.69, 9.17) is 0 Å². The van der Waals surface area contributed by atoms with Crippen LogP contribution in [0, 0.1) is 6.92 Å². The molecule has 1 aliphatic rings. The molecule has 0 spiro atoms. The van der Waals surface area contributed by atoms with Crippen molar-refractivity contribution in [2.24, 2.45) is 4.99 Å². The molecule has 4 nitrogen and oxygen atoms in total. The Kier molecular flexibility index (Phi) is 6.16. The van der Waals surface area contributed by atoms with Crippen molar-refractivity contribution in [3.05, 3.63) is 65.2 Å². The Balaban J connectivity index is 1.60. The van der Waals surface area contributed by atoms with Crippen molar-refractivity contribution >= 4 is 11.6 Å². The number of nitrogens with zero attached hydrogens (tertiary/aromatic N) is 2. The van der Waals surface area contributed by atoms with Gasteiger partial charge in [0.15, 0.2) is 5.96 Å². The highest BCUT2D eigenvalue weighted by molar-refractivity contribution is 5.80. The summed E-state index contributed by atoms with van der Waals surface area (Å²) < 4.78 is 0. The summed E-state index contributed by atoms with van der Waals surface area (Å²) in [5, 5.41) is 6.92. The third-order valence-corrected chi connectivity index (χ3v) is 4.96. The Bertz CT molecular complexity index is 747. The highest BCUT2D eigenvalue weighted by Crippen LogP contribution is 2.23. The largest absolute Gasteiger partial charge is 0.372 e. The molecule has 4 heteroatoms. The molecule has 0 aliphatic carbocycles. The van der Waals surface area contributed by atoms with Crippen molar-refractivity contribution in [1.29, 1.82) is 0 Å². The molecular formula is C22H30N4. The molecule has 0 radical (unpaired) electrons. The van der Waals surface area contributed by atoms with Gasteiger partial charge in [0.2, 0.25) is 0 Å². The van der Waals surface area contributed by atoms with Gasteiger partial charge in [0.1, 0.15) is 0 Å². The minimum Gasteiger partial charge on any atom is -0.372 e. The van der Waals surface area contributed by atoms with E-state index >= 15 is 0 Å². The van der Waals surface area contributed by atoms with Crippen LogP contribution in [0.15, 0.2) is 53.5 Å². The van der Waals surface area contributed by atoms with Gasteiger partial charge in [-0.25, -0.2) is 0 Å². The van der Waals surface area contributed by atoms with Crippen molar-refractivity contribution in [2.45, 2.75) is 39.3 Å². The van der Waals surface area contributed by atoms with Gasteiger partial charge in [-0.05, 0) is 49.9 Å². The first-order valence-electron chi connectivity index (χ1n) is 9.53. The van der Waals surface area contributed by atoms with Gasteiger partial charge in [0, 0.05) is 32.4 Å². The lowest BCUT2D eigenvalue weighted by Crippen LogP contribution is -2.38. The molecule has 1 unspecified atom stereocenters. The quantitative estimate of drug-likeness (QED) is 0.632. The van der Waals surface area contributed by atoms with Crippen LogP contribution in [0.25, 0.3) is 0 Å². The smallest absolute Gasteiger partial charge is 0.191 e. The minimum atomic E-state index is 0.196. The summed E-state index contributed by atoms with van der Waals surface area (Å²) in [6, 6.07) is 17.6. The fourth-order valence-corrected chi connectivity index (χ4v) is 3.46. The van der Waals surface area contributed by atoms with Crippen molar-refractivity contribution in [2.75, 3.05) is 25.0 Å². The van der Waals surface area contributed by atoms with Crippen LogP contribution in [0.5, 0.6) is 0 Å². The summed E-state index contributed by atoms with van der Waals surface area (Å²) in [6.45, 7) is 7.41. The Morgan fingerprint density at radius 1 is 1.12 bits per heavy atom. The monoisotopic (exact) mass is 350 g/mol. The summed E-state index contributed by atoms with van der Waals surface area (Å²) >= 11 is 0. The van der Waals surface area contributed by atoms with Crippen LogP contribution < -0.4 is 15.5 Å². The van der Waals surface area contributed by atoms with Gasteiger partial charge in [-0.15, -0.1) is 0 Å². The van der Waals surface area contributed by atoms with Crippen molar-refractivity contribution < 1.29 is 0 Å². The summed E-state index contributed by atoms with van der Waals surface area (Å²) in [7, 11) is 1.82. The highest BCUT2D eigenvalue weighted by Gasteiger charge is 2.14. The first kappa shape index (κ1) is 18.3. The van der Waals surface area contributed by atoms with E-state index < -0.39 is 0 Å². The zero-order chi connectivity index (χ0) is 18.4. The number of anilines is 1. The van der Waals surface area contributed by atoms with Crippen LogP contribution in [0.4, 0.5) is 5.69 Å². The second-order valence-corrected chi connectivity index (χ2v) is 7.07.